The zero-order chi connectivity index (χ0) is 9.42. The summed E-state index contributed by atoms with van der Waals surface area (Å²) >= 11 is 0. The van der Waals surface area contributed by atoms with Crippen LogP contribution in [0.3, 0.4) is 0 Å². The number of hydrogen-bond acceptors (Lipinski definition) is 3. The van der Waals surface area contributed by atoms with Gasteiger partial charge in [0.1, 0.15) is 0 Å². The molecular formula is C8H7N3O2. The van der Waals surface area contributed by atoms with Crippen LogP contribution in [0.2, 0.25) is 0 Å². The first-order valence-electron chi connectivity index (χ1n) is 3.69. The molecule has 13 heavy (non-hydrogen) atoms. The monoisotopic (exact) mass is 177 g/mol. The number of benzene rings is 1. The summed E-state index contributed by atoms with van der Waals surface area (Å²) < 4.78 is 0. The fourth-order valence-corrected chi connectivity index (χ4v) is 1.28. The molecule has 5 heteroatoms. The minimum absolute atomic E-state index is 0.0787. The summed E-state index contributed by atoms with van der Waals surface area (Å²) in [4.78, 5) is 12.9. The number of nitrogen functional groups attached to an aromatic ring is 1. The first-order valence-corrected chi connectivity index (χ1v) is 3.69. The number of nitro groups is 1. The molecule has 0 aliphatic rings. The van der Waals surface area contributed by atoms with Gasteiger partial charge in [-0.2, -0.15) is 0 Å². The summed E-state index contributed by atoms with van der Waals surface area (Å²) in [6, 6.07) is 4.95. The van der Waals surface area contributed by atoms with Crippen molar-refractivity contribution in [1.82, 2.24) is 4.98 Å². The van der Waals surface area contributed by atoms with Crippen LogP contribution in [-0.4, -0.2) is 9.91 Å². The van der Waals surface area contributed by atoms with E-state index < -0.39 is 4.92 Å². The highest BCUT2D eigenvalue weighted by Crippen LogP contribution is 2.26. The molecule has 0 bridgehead atoms. The third-order valence-corrected chi connectivity index (χ3v) is 1.88. The number of fused-ring (bicyclic) bond motifs is 1. The molecule has 0 radical (unpaired) electrons. The molecule has 0 amide bonds. The lowest BCUT2D eigenvalue weighted by Crippen LogP contribution is -1.86. The molecule has 1 heterocycles. The lowest BCUT2D eigenvalue weighted by atomic mass is 10.2. The highest BCUT2D eigenvalue weighted by Gasteiger charge is 2.12. The maximum atomic E-state index is 10.5. The van der Waals surface area contributed by atoms with Crippen molar-refractivity contribution in [2.75, 3.05) is 5.73 Å². The molecule has 0 saturated carbocycles. The van der Waals surface area contributed by atoms with Gasteiger partial charge < -0.3 is 10.7 Å². The first kappa shape index (κ1) is 7.60. The van der Waals surface area contributed by atoms with Gasteiger partial charge in [0.2, 0.25) is 0 Å². The van der Waals surface area contributed by atoms with E-state index in [1.807, 2.05) is 0 Å². The summed E-state index contributed by atoms with van der Waals surface area (Å²) in [7, 11) is 0. The third-order valence-electron chi connectivity index (χ3n) is 1.88. The van der Waals surface area contributed by atoms with E-state index in [9.17, 15) is 10.1 Å². The Bertz CT molecular complexity index is 475. The van der Waals surface area contributed by atoms with Gasteiger partial charge in [0.15, 0.2) is 0 Å². The van der Waals surface area contributed by atoms with Crippen molar-refractivity contribution in [3.8, 4) is 0 Å². The molecule has 0 aliphatic carbocycles. The number of aromatic amines is 1. The Morgan fingerprint density at radius 3 is 2.92 bits per heavy atom. The van der Waals surface area contributed by atoms with E-state index in [-0.39, 0.29) is 5.69 Å². The van der Waals surface area contributed by atoms with Crippen LogP contribution in [0.1, 0.15) is 0 Å². The standard InChI is InChI=1S/C8H7N3O2/c9-5-1-2-6-7(3-5)10-4-8(6)11(12)13/h1-4,10H,9H2. The van der Waals surface area contributed by atoms with Crippen LogP contribution >= 0.6 is 0 Å². The van der Waals surface area contributed by atoms with Crippen molar-refractivity contribution in [2.24, 2.45) is 0 Å². The fourth-order valence-electron chi connectivity index (χ4n) is 1.28. The molecule has 3 N–H and O–H groups in total. The second-order valence-corrected chi connectivity index (χ2v) is 2.74. The minimum atomic E-state index is -0.422. The average Bonchev–Trinajstić information content (AvgIpc) is 2.46. The number of rotatable bonds is 1. The lowest BCUT2D eigenvalue weighted by molar-refractivity contribution is -0.383. The second-order valence-electron chi connectivity index (χ2n) is 2.74. The molecule has 0 saturated heterocycles. The van der Waals surface area contributed by atoms with Crippen molar-refractivity contribution in [2.45, 2.75) is 0 Å². The van der Waals surface area contributed by atoms with Gasteiger partial charge >= 0.3 is 0 Å². The summed E-state index contributed by atoms with van der Waals surface area (Å²) in [6.07, 6.45) is 1.37. The highest BCUT2D eigenvalue weighted by molar-refractivity contribution is 5.90. The SMILES string of the molecule is Nc1ccc2c([N+](=O)[O-])c[nH]c2c1. The number of aromatic nitrogens is 1. The molecule has 0 atom stereocenters. The van der Waals surface area contributed by atoms with Gasteiger partial charge in [-0.25, -0.2) is 0 Å². The van der Waals surface area contributed by atoms with Crippen LogP contribution in [-0.2, 0) is 0 Å². The molecule has 2 rings (SSSR count). The Kier molecular flexibility index (Phi) is 1.45. The molecule has 0 spiro atoms. The number of nitrogens with two attached hydrogens (primary N) is 1. The Hall–Kier alpha value is -2.04. The lowest BCUT2D eigenvalue weighted by Gasteiger charge is -1.91. The number of anilines is 1. The maximum Gasteiger partial charge on any atom is 0.294 e. The predicted octanol–water partition coefficient (Wildman–Crippen LogP) is 1.66. The average molecular weight is 177 g/mol. The Balaban J connectivity index is 2.76. The van der Waals surface area contributed by atoms with Gasteiger partial charge in [0.25, 0.3) is 5.69 Å². The molecule has 0 fully saturated rings. The van der Waals surface area contributed by atoms with Gasteiger partial charge in [-0.3, -0.25) is 10.1 Å². The van der Waals surface area contributed by atoms with Crippen molar-refractivity contribution in [3.63, 3.8) is 0 Å². The first-order chi connectivity index (χ1) is 6.18. The van der Waals surface area contributed by atoms with Crippen LogP contribution in [0.25, 0.3) is 10.9 Å². The topological polar surface area (TPSA) is 84.9 Å². The van der Waals surface area contributed by atoms with E-state index >= 15 is 0 Å². The number of nitrogens with one attached hydrogen (secondary N) is 1. The number of H-pyrrole nitrogens is 1. The van der Waals surface area contributed by atoms with Gasteiger partial charge in [-0.1, -0.05) is 0 Å². The predicted molar refractivity (Wildman–Crippen MR) is 49.4 cm³/mol. The Labute approximate surface area is 73.3 Å². The third kappa shape index (κ3) is 1.10. The smallest absolute Gasteiger partial charge is 0.294 e. The zero-order valence-electron chi connectivity index (χ0n) is 6.65. The van der Waals surface area contributed by atoms with Crippen molar-refractivity contribution in [1.29, 1.82) is 0 Å². The summed E-state index contributed by atoms with van der Waals surface area (Å²) in [5.41, 5.74) is 6.87. The highest BCUT2D eigenvalue weighted by atomic mass is 16.6. The zero-order valence-corrected chi connectivity index (χ0v) is 6.65. The molecule has 66 valence electrons. The second kappa shape index (κ2) is 2.48. The van der Waals surface area contributed by atoms with E-state index in [1.165, 1.54) is 6.20 Å². The van der Waals surface area contributed by atoms with Gasteiger partial charge in [0.05, 0.1) is 22.0 Å². The molecule has 2 aromatic rings. The van der Waals surface area contributed by atoms with Gasteiger partial charge in [0, 0.05) is 5.69 Å². The van der Waals surface area contributed by atoms with E-state index in [2.05, 4.69) is 4.98 Å². The normalized spacial score (nSPS) is 10.5. The molecular weight excluding hydrogens is 170 g/mol. The van der Waals surface area contributed by atoms with Crippen LogP contribution in [0.15, 0.2) is 24.4 Å². The fraction of sp³-hybridized carbons (Fsp3) is 0. The van der Waals surface area contributed by atoms with Crippen molar-refractivity contribution in [3.05, 3.63) is 34.5 Å². The van der Waals surface area contributed by atoms with Crippen LogP contribution in [0, 0.1) is 10.1 Å². The van der Waals surface area contributed by atoms with Crippen molar-refractivity contribution < 1.29 is 4.92 Å². The summed E-state index contributed by atoms with van der Waals surface area (Å²) in [6.45, 7) is 0. The van der Waals surface area contributed by atoms with E-state index in [0.717, 1.165) is 0 Å². The van der Waals surface area contributed by atoms with Crippen LogP contribution < -0.4 is 5.73 Å². The summed E-state index contributed by atoms with van der Waals surface area (Å²) in [5.74, 6) is 0. The summed E-state index contributed by atoms with van der Waals surface area (Å²) in [5, 5.41) is 11.1. The molecule has 0 unspecified atom stereocenters. The minimum Gasteiger partial charge on any atom is -0.399 e. The molecule has 0 aliphatic heterocycles. The molecule has 5 nitrogen and oxygen atoms in total. The van der Waals surface area contributed by atoms with E-state index in [0.29, 0.717) is 16.6 Å². The quantitative estimate of drug-likeness (QED) is 0.394. The van der Waals surface area contributed by atoms with Gasteiger partial charge in [-0.15, -0.1) is 0 Å². The van der Waals surface area contributed by atoms with E-state index in [1.54, 1.807) is 18.2 Å². The number of hydrogen-bond donors (Lipinski definition) is 2. The van der Waals surface area contributed by atoms with Crippen molar-refractivity contribution >= 4 is 22.3 Å². The van der Waals surface area contributed by atoms with Gasteiger partial charge in [-0.05, 0) is 18.2 Å². The number of nitrogens with zero attached hydrogens (tertiary/aromatic N) is 1. The molecule has 1 aromatic heterocycles. The Morgan fingerprint density at radius 2 is 2.23 bits per heavy atom. The van der Waals surface area contributed by atoms with Crippen LogP contribution in [0.5, 0.6) is 0 Å². The largest absolute Gasteiger partial charge is 0.399 e. The maximum absolute atomic E-state index is 10.5. The van der Waals surface area contributed by atoms with Crippen LogP contribution in [0.4, 0.5) is 11.4 Å². The molecule has 1 aromatic carbocycles. The Morgan fingerprint density at radius 1 is 1.46 bits per heavy atom. The van der Waals surface area contributed by atoms with E-state index in [4.69, 9.17) is 5.73 Å².